The molecule has 1 aromatic rings. The van der Waals surface area contributed by atoms with Gasteiger partial charge in [0.15, 0.2) is 0 Å². The quantitative estimate of drug-likeness (QED) is 0.677. The predicted octanol–water partition coefficient (Wildman–Crippen LogP) is 2.90. The Morgan fingerprint density at radius 1 is 1.42 bits per heavy atom. The molecule has 1 N–H and O–H groups in total. The van der Waals surface area contributed by atoms with E-state index in [4.69, 9.17) is 5.11 Å². The average Bonchev–Trinajstić information content (AvgIpc) is 2.05. The number of aromatic hydroxyl groups is 1. The first-order chi connectivity index (χ1) is 5.83. The lowest BCUT2D eigenvalue weighted by atomic mass is 10.1. The number of phenols is 1. The van der Waals surface area contributed by atoms with Crippen molar-refractivity contribution in [3.63, 3.8) is 0 Å². The van der Waals surface area contributed by atoms with E-state index < -0.39 is 0 Å². The van der Waals surface area contributed by atoms with Gasteiger partial charge in [-0.25, -0.2) is 0 Å². The molecule has 0 bridgehead atoms. The monoisotopic (exact) mass is 162 g/mol. The largest absolute Gasteiger partial charge is 0.508 e. The highest BCUT2D eigenvalue weighted by Gasteiger charge is 1.91. The van der Waals surface area contributed by atoms with Gasteiger partial charge in [0.1, 0.15) is 5.75 Å². The molecule has 0 spiro atoms. The van der Waals surface area contributed by atoms with Gasteiger partial charge in [-0.3, -0.25) is 0 Å². The molecular weight excluding hydrogens is 148 g/mol. The van der Waals surface area contributed by atoms with Crippen LogP contribution >= 0.6 is 0 Å². The SMILES string of the molecule is C/C=C\CCc1cccc(O)c1. The minimum atomic E-state index is 0.355. The van der Waals surface area contributed by atoms with Gasteiger partial charge in [-0.05, 0) is 37.5 Å². The number of hydrogen-bond acceptors (Lipinski definition) is 1. The van der Waals surface area contributed by atoms with Crippen LogP contribution in [0.4, 0.5) is 0 Å². The zero-order valence-corrected chi connectivity index (χ0v) is 7.33. The zero-order valence-electron chi connectivity index (χ0n) is 7.33. The Morgan fingerprint density at radius 2 is 2.25 bits per heavy atom. The van der Waals surface area contributed by atoms with Crippen LogP contribution in [0.3, 0.4) is 0 Å². The summed E-state index contributed by atoms with van der Waals surface area (Å²) in [4.78, 5) is 0. The van der Waals surface area contributed by atoms with Crippen LogP contribution < -0.4 is 0 Å². The molecular formula is C11H14O. The topological polar surface area (TPSA) is 20.2 Å². The molecule has 0 radical (unpaired) electrons. The molecule has 0 fully saturated rings. The van der Waals surface area contributed by atoms with Gasteiger partial charge in [-0.1, -0.05) is 24.3 Å². The first-order valence-corrected chi connectivity index (χ1v) is 4.22. The van der Waals surface area contributed by atoms with Crippen molar-refractivity contribution in [2.45, 2.75) is 19.8 Å². The highest BCUT2D eigenvalue weighted by Crippen LogP contribution is 2.12. The van der Waals surface area contributed by atoms with Crippen LogP contribution in [0.25, 0.3) is 0 Å². The van der Waals surface area contributed by atoms with Crippen LogP contribution in [-0.4, -0.2) is 5.11 Å². The van der Waals surface area contributed by atoms with Gasteiger partial charge < -0.3 is 5.11 Å². The molecule has 0 aliphatic heterocycles. The summed E-state index contributed by atoms with van der Waals surface area (Å²) in [5.74, 6) is 0.355. The molecule has 1 nitrogen and oxygen atoms in total. The second-order valence-corrected chi connectivity index (χ2v) is 2.78. The van der Waals surface area contributed by atoms with Gasteiger partial charge >= 0.3 is 0 Å². The van der Waals surface area contributed by atoms with Crippen LogP contribution in [-0.2, 0) is 6.42 Å². The summed E-state index contributed by atoms with van der Waals surface area (Å²) >= 11 is 0. The smallest absolute Gasteiger partial charge is 0.115 e. The Kier molecular flexibility index (Phi) is 3.39. The third kappa shape index (κ3) is 2.79. The maximum Gasteiger partial charge on any atom is 0.115 e. The average molecular weight is 162 g/mol. The Morgan fingerprint density at radius 3 is 2.92 bits per heavy atom. The van der Waals surface area contributed by atoms with Crippen LogP contribution in [0.15, 0.2) is 36.4 Å². The summed E-state index contributed by atoms with van der Waals surface area (Å²) in [6, 6.07) is 7.41. The first-order valence-electron chi connectivity index (χ1n) is 4.22. The molecule has 0 atom stereocenters. The summed E-state index contributed by atoms with van der Waals surface area (Å²) in [5.41, 5.74) is 1.19. The highest BCUT2D eigenvalue weighted by molar-refractivity contribution is 5.27. The van der Waals surface area contributed by atoms with Gasteiger partial charge in [0.2, 0.25) is 0 Å². The Bertz CT molecular complexity index is 263. The first kappa shape index (κ1) is 8.85. The van der Waals surface area contributed by atoms with E-state index in [0.29, 0.717) is 5.75 Å². The molecule has 64 valence electrons. The molecule has 0 saturated carbocycles. The molecule has 0 aliphatic rings. The Balaban J connectivity index is 2.52. The van der Waals surface area contributed by atoms with Crippen molar-refractivity contribution in [1.82, 2.24) is 0 Å². The van der Waals surface area contributed by atoms with Gasteiger partial charge in [0.25, 0.3) is 0 Å². The molecule has 0 aliphatic carbocycles. The summed E-state index contributed by atoms with van der Waals surface area (Å²) in [6.45, 7) is 2.02. The minimum Gasteiger partial charge on any atom is -0.508 e. The molecule has 0 unspecified atom stereocenters. The molecule has 1 aromatic carbocycles. The molecule has 1 rings (SSSR count). The standard InChI is InChI=1S/C11H14O/c1-2-3-4-6-10-7-5-8-11(12)9-10/h2-3,5,7-9,12H,4,6H2,1H3/b3-2-. The van der Waals surface area contributed by atoms with E-state index in [1.807, 2.05) is 31.2 Å². The lowest BCUT2D eigenvalue weighted by Crippen LogP contribution is -1.81. The molecule has 0 amide bonds. The van der Waals surface area contributed by atoms with Crippen molar-refractivity contribution >= 4 is 0 Å². The Hall–Kier alpha value is -1.24. The fraction of sp³-hybridized carbons (Fsp3) is 0.273. The van der Waals surface area contributed by atoms with Crippen molar-refractivity contribution in [1.29, 1.82) is 0 Å². The van der Waals surface area contributed by atoms with Crippen molar-refractivity contribution in [2.75, 3.05) is 0 Å². The highest BCUT2D eigenvalue weighted by atomic mass is 16.3. The molecule has 1 heteroatoms. The maximum atomic E-state index is 9.15. The molecule has 0 aromatic heterocycles. The predicted molar refractivity (Wildman–Crippen MR) is 51.2 cm³/mol. The van der Waals surface area contributed by atoms with Crippen LogP contribution in [0.5, 0.6) is 5.75 Å². The lowest BCUT2D eigenvalue weighted by Gasteiger charge is -1.98. The molecule has 0 heterocycles. The van der Waals surface area contributed by atoms with E-state index in [2.05, 4.69) is 6.08 Å². The van der Waals surface area contributed by atoms with Crippen molar-refractivity contribution < 1.29 is 5.11 Å². The van der Waals surface area contributed by atoms with Gasteiger partial charge in [-0.15, -0.1) is 0 Å². The number of benzene rings is 1. The van der Waals surface area contributed by atoms with Crippen molar-refractivity contribution in [3.8, 4) is 5.75 Å². The fourth-order valence-corrected chi connectivity index (χ4v) is 1.13. The van der Waals surface area contributed by atoms with E-state index in [-0.39, 0.29) is 0 Å². The van der Waals surface area contributed by atoms with Gasteiger partial charge in [0.05, 0.1) is 0 Å². The normalized spacial score (nSPS) is 10.8. The number of hydrogen-bond donors (Lipinski definition) is 1. The van der Waals surface area contributed by atoms with E-state index in [0.717, 1.165) is 12.8 Å². The number of phenolic OH excluding ortho intramolecular Hbond substituents is 1. The van der Waals surface area contributed by atoms with Gasteiger partial charge in [0, 0.05) is 0 Å². The van der Waals surface area contributed by atoms with E-state index >= 15 is 0 Å². The summed E-state index contributed by atoms with van der Waals surface area (Å²) in [5, 5.41) is 9.15. The van der Waals surface area contributed by atoms with E-state index in [1.165, 1.54) is 5.56 Å². The fourth-order valence-electron chi connectivity index (χ4n) is 1.13. The van der Waals surface area contributed by atoms with E-state index in [9.17, 15) is 0 Å². The van der Waals surface area contributed by atoms with Gasteiger partial charge in [-0.2, -0.15) is 0 Å². The van der Waals surface area contributed by atoms with Crippen LogP contribution in [0, 0.1) is 0 Å². The minimum absolute atomic E-state index is 0.355. The second-order valence-electron chi connectivity index (χ2n) is 2.78. The Labute approximate surface area is 73.4 Å². The lowest BCUT2D eigenvalue weighted by molar-refractivity contribution is 0.474. The number of rotatable bonds is 3. The van der Waals surface area contributed by atoms with Crippen LogP contribution in [0.2, 0.25) is 0 Å². The summed E-state index contributed by atoms with van der Waals surface area (Å²) < 4.78 is 0. The third-order valence-electron chi connectivity index (χ3n) is 1.75. The summed E-state index contributed by atoms with van der Waals surface area (Å²) in [6.07, 6.45) is 6.21. The van der Waals surface area contributed by atoms with Crippen molar-refractivity contribution in [2.24, 2.45) is 0 Å². The number of aryl methyl sites for hydroxylation is 1. The second kappa shape index (κ2) is 4.60. The molecule has 0 saturated heterocycles. The van der Waals surface area contributed by atoms with Crippen molar-refractivity contribution in [3.05, 3.63) is 42.0 Å². The summed E-state index contributed by atoms with van der Waals surface area (Å²) in [7, 11) is 0. The molecule has 12 heavy (non-hydrogen) atoms. The maximum absolute atomic E-state index is 9.15. The zero-order chi connectivity index (χ0) is 8.81. The number of allylic oxidation sites excluding steroid dienone is 2. The van der Waals surface area contributed by atoms with E-state index in [1.54, 1.807) is 6.07 Å². The van der Waals surface area contributed by atoms with Crippen LogP contribution in [0.1, 0.15) is 18.9 Å². The third-order valence-corrected chi connectivity index (χ3v) is 1.75.